The number of carbonyl (C=O) groups is 2. The van der Waals surface area contributed by atoms with Gasteiger partial charge in [-0.1, -0.05) is 51.1 Å². The second kappa shape index (κ2) is 10.8. The van der Waals surface area contributed by atoms with Crippen LogP contribution in [0.4, 0.5) is 0 Å². The minimum absolute atomic E-state index is 0.135. The van der Waals surface area contributed by atoms with Gasteiger partial charge >= 0.3 is 11.9 Å². The van der Waals surface area contributed by atoms with E-state index in [2.05, 4.69) is 32.9 Å². The van der Waals surface area contributed by atoms with E-state index in [-0.39, 0.29) is 29.1 Å². The first kappa shape index (κ1) is 26.3. The molecule has 0 heterocycles. The maximum absolute atomic E-state index is 10.9. The van der Waals surface area contributed by atoms with Gasteiger partial charge in [0, 0.05) is 0 Å². The van der Waals surface area contributed by atoms with Gasteiger partial charge in [-0.25, -0.2) is 0 Å². The molecule has 0 spiro atoms. The predicted octanol–water partition coefficient (Wildman–Crippen LogP) is 4.63. The maximum atomic E-state index is 10.9. The molecule has 0 amide bonds. The Morgan fingerprint density at radius 2 is 1.41 bits per heavy atom. The minimum Gasteiger partial charge on any atom is -0.481 e. The van der Waals surface area contributed by atoms with Crippen LogP contribution < -0.4 is 11.5 Å². The third-order valence-corrected chi connectivity index (χ3v) is 7.82. The van der Waals surface area contributed by atoms with E-state index in [1.165, 1.54) is 5.56 Å². The Kier molecular flexibility index (Phi) is 8.89. The number of aliphatic carboxylic acids is 2. The van der Waals surface area contributed by atoms with Crippen LogP contribution >= 0.6 is 0 Å². The van der Waals surface area contributed by atoms with Gasteiger partial charge in [-0.05, 0) is 85.3 Å². The Labute approximate surface area is 192 Å². The van der Waals surface area contributed by atoms with Gasteiger partial charge < -0.3 is 21.7 Å². The van der Waals surface area contributed by atoms with Gasteiger partial charge in [0.1, 0.15) is 0 Å². The Balaban J connectivity index is 0.000000229. The van der Waals surface area contributed by atoms with Crippen LogP contribution in [0.3, 0.4) is 0 Å². The van der Waals surface area contributed by atoms with Crippen molar-refractivity contribution < 1.29 is 19.8 Å². The fourth-order valence-electron chi connectivity index (χ4n) is 5.64. The molecule has 180 valence electrons. The first-order valence-corrected chi connectivity index (χ1v) is 11.8. The van der Waals surface area contributed by atoms with Gasteiger partial charge in [-0.15, -0.1) is 0 Å². The second-order valence-corrected chi connectivity index (χ2v) is 11.2. The molecule has 2 saturated carbocycles. The number of carboxylic acids is 2. The molecule has 4 atom stereocenters. The smallest absolute Gasteiger partial charge is 0.303 e. The largest absolute Gasteiger partial charge is 0.481 e. The molecule has 6 heteroatoms. The van der Waals surface area contributed by atoms with Crippen molar-refractivity contribution in [2.75, 3.05) is 13.1 Å². The summed E-state index contributed by atoms with van der Waals surface area (Å²) in [5.74, 6) is -0.362. The Bertz CT molecular complexity index is 761. The lowest BCUT2D eigenvalue weighted by Gasteiger charge is -2.30. The minimum atomic E-state index is -0.732. The first-order valence-electron chi connectivity index (χ1n) is 11.8. The Morgan fingerprint density at radius 1 is 0.906 bits per heavy atom. The van der Waals surface area contributed by atoms with E-state index in [4.69, 9.17) is 21.7 Å². The molecule has 2 unspecified atom stereocenters. The summed E-state index contributed by atoms with van der Waals surface area (Å²) in [6.45, 7) is 7.66. The van der Waals surface area contributed by atoms with Crippen molar-refractivity contribution in [2.45, 2.75) is 78.1 Å². The summed E-state index contributed by atoms with van der Waals surface area (Å²) in [7, 11) is 0. The van der Waals surface area contributed by atoms with Crippen LogP contribution in [-0.2, 0) is 9.59 Å². The summed E-state index contributed by atoms with van der Waals surface area (Å²) in [5, 5.41) is 17.9. The van der Waals surface area contributed by atoms with Gasteiger partial charge in [0.05, 0.1) is 12.8 Å². The maximum Gasteiger partial charge on any atom is 0.303 e. The molecule has 0 saturated heterocycles. The lowest BCUT2D eigenvalue weighted by atomic mass is 9.75. The number of hydrogen-bond donors (Lipinski definition) is 4. The number of nitrogens with two attached hydrogens (primary N) is 2. The van der Waals surface area contributed by atoms with Crippen molar-refractivity contribution in [1.82, 2.24) is 0 Å². The molecule has 3 rings (SSSR count). The van der Waals surface area contributed by atoms with E-state index < -0.39 is 11.9 Å². The average Bonchev–Trinajstić information content (AvgIpc) is 3.34. The highest BCUT2D eigenvalue weighted by Gasteiger charge is 2.43. The van der Waals surface area contributed by atoms with E-state index in [1.54, 1.807) is 0 Å². The van der Waals surface area contributed by atoms with Crippen LogP contribution in [0.15, 0.2) is 30.3 Å². The lowest BCUT2D eigenvalue weighted by Crippen LogP contribution is -2.31. The van der Waals surface area contributed by atoms with Crippen LogP contribution in [-0.4, -0.2) is 35.2 Å². The normalized spacial score (nSPS) is 29.9. The standard InChI is InChI=1S/C14H19NO2.C12H23NO2/c15-10-14(9-13(16)17)7-6-12(8-14)11-4-2-1-3-5-11;1-11(2,3)9-4-5-12(6-9,8-13)7-10(14)15/h1-5,12H,6-10,15H2,(H,16,17);9H,4-8,13H2,1-3H3,(H,14,15)/t12?,14-;9?,12-/m11/s1. The van der Waals surface area contributed by atoms with Crippen molar-refractivity contribution in [3.8, 4) is 0 Å². The summed E-state index contributed by atoms with van der Waals surface area (Å²) in [6.07, 6.45) is 6.37. The summed E-state index contributed by atoms with van der Waals surface area (Å²) in [5.41, 5.74) is 12.8. The van der Waals surface area contributed by atoms with E-state index in [0.717, 1.165) is 38.5 Å². The van der Waals surface area contributed by atoms with Gasteiger partial charge in [-0.2, -0.15) is 0 Å². The quantitative estimate of drug-likeness (QED) is 0.484. The van der Waals surface area contributed by atoms with Crippen molar-refractivity contribution in [3.05, 3.63) is 35.9 Å². The predicted molar refractivity (Wildman–Crippen MR) is 127 cm³/mol. The van der Waals surface area contributed by atoms with Crippen molar-refractivity contribution >= 4 is 11.9 Å². The van der Waals surface area contributed by atoms with Gasteiger partial charge in [0.25, 0.3) is 0 Å². The Hall–Kier alpha value is -1.92. The lowest BCUT2D eigenvalue weighted by molar-refractivity contribution is -0.140. The molecule has 2 aliphatic rings. The summed E-state index contributed by atoms with van der Waals surface area (Å²) >= 11 is 0. The molecule has 2 aliphatic carbocycles. The van der Waals surface area contributed by atoms with Gasteiger partial charge in [0.15, 0.2) is 0 Å². The van der Waals surface area contributed by atoms with Crippen molar-refractivity contribution in [2.24, 2.45) is 33.6 Å². The van der Waals surface area contributed by atoms with Gasteiger partial charge in [0.2, 0.25) is 0 Å². The highest BCUT2D eigenvalue weighted by Crippen LogP contribution is 2.50. The monoisotopic (exact) mass is 446 g/mol. The first-order chi connectivity index (χ1) is 14.9. The number of rotatable bonds is 7. The molecule has 6 N–H and O–H groups in total. The highest BCUT2D eigenvalue weighted by atomic mass is 16.4. The molecule has 2 fully saturated rings. The van der Waals surface area contributed by atoms with E-state index >= 15 is 0 Å². The van der Waals surface area contributed by atoms with Crippen LogP contribution in [0, 0.1) is 22.2 Å². The zero-order chi connectivity index (χ0) is 24.0. The molecular weight excluding hydrogens is 404 g/mol. The van der Waals surface area contributed by atoms with Crippen molar-refractivity contribution in [3.63, 3.8) is 0 Å². The molecule has 32 heavy (non-hydrogen) atoms. The molecule has 1 aromatic carbocycles. The topological polar surface area (TPSA) is 127 Å². The Morgan fingerprint density at radius 3 is 1.84 bits per heavy atom. The third kappa shape index (κ3) is 7.04. The molecule has 0 aromatic heterocycles. The molecule has 6 nitrogen and oxygen atoms in total. The highest BCUT2D eigenvalue weighted by molar-refractivity contribution is 5.68. The zero-order valence-corrected chi connectivity index (χ0v) is 20.0. The summed E-state index contributed by atoms with van der Waals surface area (Å²) in [4.78, 5) is 21.7. The molecule has 1 aromatic rings. The number of carboxylic acid groups (broad SMARTS) is 2. The van der Waals surface area contributed by atoms with Crippen LogP contribution in [0.1, 0.15) is 83.6 Å². The third-order valence-electron chi connectivity index (χ3n) is 7.82. The fraction of sp³-hybridized carbons (Fsp3) is 0.692. The van der Waals surface area contributed by atoms with Gasteiger partial charge in [-0.3, -0.25) is 9.59 Å². The molecular formula is C26H42N2O4. The van der Waals surface area contributed by atoms with E-state index in [9.17, 15) is 9.59 Å². The van der Waals surface area contributed by atoms with Crippen LogP contribution in [0.2, 0.25) is 0 Å². The van der Waals surface area contributed by atoms with E-state index in [0.29, 0.717) is 24.9 Å². The summed E-state index contributed by atoms with van der Waals surface area (Å²) in [6, 6.07) is 10.3. The molecule has 0 aliphatic heterocycles. The SMILES string of the molecule is CC(C)(C)C1CC[C@](CN)(CC(=O)O)C1.NC[C@]1(CC(=O)O)CCC(c2ccccc2)C1. The average molecular weight is 447 g/mol. The number of benzene rings is 1. The molecule has 0 radical (unpaired) electrons. The fourth-order valence-corrected chi connectivity index (χ4v) is 5.64. The number of hydrogen-bond acceptors (Lipinski definition) is 4. The molecule has 0 bridgehead atoms. The van der Waals surface area contributed by atoms with Crippen molar-refractivity contribution in [1.29, 1.82) is 0 Å². The second-order valence-electron chi connectivity index (χ2n) is 11.2. The summed E-state index contributed by atoms with van der Waals surface area (Å²) < 4.78 is 0. The van der Waals surface area contributed by atoms with Crippen LogP contribution in [0.25, 0.3) is 0 Å². The van der Waals surface area contributed by atoms with Crippen LogP contribution in [0.5, 0.6) is 0 Å². The zero-order valence-electron chi connectivity index (χ0n) is 20.0. The van der Waals surface area contributed by atoms with E-state index in [1.807, 2.05) is 18.2 Å².